The van der Waals surface area contributed by atoms with Crippen LogP contribution in [0.2, 0.25) is 0 Å². The quantitative estimate of drug-likeness (QED) is 0.328. The zero-order chi connectivity index (χ0) is 19.7. The number of rotatable bonds is 1. The number of hydrogen-bond donors (Lipinski definition) is 1. The van der Waals surface area contributed by atoms with E-state index in [1.54, 1.807) is 0 Å². The molecule has 0 amide bonds. The Balaban J connectivity index is 0.00000205. The summed E-state index contributed by atoms with van der Waals surface area (Å²) in [6.45, 7) is 7.22. The number of allylic oxidation sites excluding steroid dienone is 1. The largest absolute Gasteiger partial charge is 1.00 e. The summed E-state index contributed by atoms with van der Waals surface area (Å²) in [6.07, 6.45) is 13.8. The molecule has 4 aliphatic carbocycles. The van der Waals surface area contributed by atoms with Gasteiger partial charge in [-0.05, 0) is 81.0 Å². The van der Waals surface area contributed by atoms with Gasteiger partial charge in [0.05, 0.1) is 26.2 Å². The Kier molecular flexibility index (Phi) is 5.82. The van der Waals surface area contributed by atoms with Gasteiger partial charge in [0.1, 0.15) is 6.04 Å². The van der Waals surface area contributed by atoms with Crippen LogP contribution in [0.3, 0.4) is 0 Å². The molecule has 3 saturated carbocycles. The van der Waals surface area contributed by atoms with E-state index in [1.807, 2.05) is 0 Å². The molecule has 0 aromatic carbocycles. The summed E-state index contributed by atoms with van der Waals surface area (Å²) in [5, 5.41) is 10.2. The molecule has 1 heterocycles. The number of piperidine rings is 1. The van der Waals surface area contributed by atoms with Gasteiger partial charge >= 0.3 is 0 Å². The summed E-state index contributed by atoms with van der Waals surface area (Å²) in [5.41, 5.74) is 1.72. The average Bonchev–Trinajstić information content (AvgIpc) is 2.95. The minimum Gasteiger partial charge on any atom is -1.00 e. The number of likely N-dealkylation sites (N-methyl/N-ethyl adjacent to an activating group) is 1. The van der Waals surface area contributed by atoms with Gasteiger partial charge in [-0.25, -0.2) is 0 Å². The summed E-state index contributed by atoms with van der Waals surface area (Å²) in [5.74, 6) is 2.57. The summed E-state index contributed by atoms with van der Waals surface area (Å²) < 4.78 is 1.02. The van der Waals surface area contributed by atoms with E-state index >= 15 is 0 Å². The number of ketones is 1. The minimum absolute atomic E-state index is 0. The van der Waals surface area contributed by atoms with E-state index in [4.69, 9.17) is 0 Å². The van der Waals surface area contributed by atoms with Gasteiger partial charge in [-0.3, -0.25) is 4.79 Å². The zero-order valence-electron chi connectivity index (χ0n) is 18.6. The lowest BCUT2D eigenvalue weighted by Gasteiger charge is -2.56. The molecule has 4 heteroatoms. The molecule has 5 aliphatic rings. The molecule has 3 nitrogen and oxygen atoms in total. The van der Waals surface area contributed by atoms with Crippen LogP contribution in [0, 0.1) is 28.6 Å². The number of likely N-dealkylation sites (tertiary alicyclic amines) is 1. The van der Waals surface area contributed by atoms with Crippen molar-refractivity contribution in [3.63, 3.8) is 0 Å². The van der Waals surface area contributed by atoms with Crippen LogP contribution in [0.4, 0.5) is 0 Å². The monoisotopic (exact) mass is 513 g/mol. The third-order valence-electron chi connectivity index (χ3n) is 10.4. The molecular weight excluding hydrogens is 473 g/mol. The highest BCUT2D eigenvalue weighted by Gasteiger charge is 2.64. The molecular formula is C25H40INO2. The lowest BCUT2D eigenvalue weighted by atomic mass is 9.48. The first-order valence-electron chi connectivity index (χ1n) is 12.0. The van der Waals surface area contributed by atoms with Crippen LogP contribution in [0.1, 0.15) is 78.1 Å². The molecule has 0 spiro atoms. The van der Waals surface area contributed by atoms with Gasteiger partial charge in [-0.1, -0.05) is 25.5 Å². The number of hydrogen-bond acceptors (Lipinski definition) is 2. The lowest BCUT2D eigenvalue weighted by molar-refractivity contribution is -0.928. The summed E-state index contributed by atoms with van der Waals surface area (Å²) in [4.78, 5) is 13.8. The number of fused-ring (bicyclic) bond motifs is 5. The van der Waals surface area contributed by atoms with Gasteiger partial charge in [0.15, 0.2) is 5.78 Å². The Hall–Kier alpha value is 0.0600. The second-order valence-electron chi connectivity index (χ2n) is 11.7. The summed E-state index contributed by atoms with van der Waals surface area (Å²) >= 11 is 0. The van der Waals surface area contributed by atoms with E-state index in [-0.39, 0.29) is 47.0 Å². The fraction of sp³-hybridized carbons (Fsp3) is 0.880. The van der Waals surface area contributed by atoms with Gasteiger partial charge in [-0.15, -0.1) is 0 Å². The molecule has 0 aromatic heterocycles. The van der Waals surface area contributed by atoms with E-state index in [0.717, 1.165) is 48.9 Å². The van der Waals surface area contributed by atoms with E-state index in [9.17, 15) is 9.90 Å². The third kappa shape index (κ3) is 3.21. The highest BCUT2D eigenvalue weighted by Crippen LogP contribution is 2.64. The number of carbonyl (C=O) groups is 1. The Morgan fingerprint density at radius 2 is 1.72 bits per heavy atom. The van der Waals surface area contributed by atoms with E-state index < -0.39 is 0 Å². The lowest BCUT2D eigenvalue weighted by Crippen LogP contribution is -3.00. The molecule has 164 valence electrons. The van der Waals surface area contributed by atoms with Gasteiger partial charge < -0.3 is 33.6 Å². The van der Waals surface area contributed by atoms with Gasteiger partial charge in [-0.2, -0.15) is 0 Å². The molecule has 1 N–H and O–H groups in total. The minimum atomic E-state index is -0.134. The number of aliphatic hydroxyl groups is 1. The Bertz CT molecular complexity index is 699. The molecule has 0 bridgehead atoms. The normalized spacial score (nSPS) is 48.6. The smallest absolute Gasteiger partial charge is 0.196 e. The fourth-order valence-corrected chi connectivity index (χ4v) is 8.51. The highest BCUT2D eigenvalue weighted by atomic mass is 127. The van der Waals surface area contributed by atoms with Crippen molar-refractivity contribution in [3.8, 4) is 0 Å². The van der Waals surface area contributed by atoms with E-state index in [2.05, 4.69) is 27.0 Å². The van der Waals surface area contributed by atoms with Crippen LogP contribution in [0.5, 0.6) is 0 Å². The molecule has 1 aliphatic heterocycles. The van der Waals surface area contributed by atoms with Crippen LogP contribution in [-0.4, -0.2) is 47.7 Å². The van der Waals surface area contributed by atoms with Crippen molar-refractivity contribution in [2.75, 3.05) is 20.1 Å². The third-order valence-corrected chi connectivity index (χ3v) is 10.4. The average molecular weight is 514 g/mol. The van der Waals surface area contributed by atoms with Crippen LogP contribution in [-0.2, 0) is 4.79 Å². The van der Waals surface area contributed by atoms with Crippen molar-refractivity contribution < 1.29 is 38.4 Å². The van der Waals surface area contributed by atoms with Crippen molar-refractivity contribution in [2.45, 2.75) is 90.2 Å². The summed E-state index contributed by atoms with van der Waals surface area (Å²) in [6, 6.07) is 0.250. The van der Waals surface area contributed by atoms with Crippen LogP contribution >= 0.6 is 0 Å². The molecule has 29 heavy (non-hydrogen) atoms. The molecule has 7 atom stereocenters. The van der Waals surface area contributed by atoms with Crippen LogP contribution < -0.4 is 24.0 Å². The maximum Gasteiger partial charge on any atom is 0.196 e. The molecule has 0 radical (unpaired) electrons. The first-order chi connectivity index (χ1) is 13.3. The topological polar surface area (TPSA) is 37.3 Å². The van der Waals surface area contributed by atoms with Crippen molar-refractivity contribution in [1.82, 2.24) is 0 Å². The number of halogens is 1. The fourth-order valence-electron chi connectivity index (χ4n) is 8.51. The Morgan fingerprint density at radius 1 is 1.03 bits per heavy atom. The predicted octanol–water partition coefficient (Wildman–Crippen LogP) is 1.49. The van der Waals surface area contributed by atoms with Gasteiger partial charge in [0.25, 0.3) is 0 Å². The standard InChI is InChI=1S/C25H40NO2.HI/c1-24-11-9-18(27)15-17(24)7-8-19-20(24)10-12-25(2)21(19)16-22(23(25)28)26(3)13-5-4-6-14-26;/h7,18-22,27H,4-6,8-16H2,1-3H3;1H/q+1;/p-1/t18-,19+,20-,21-,22-,24-,25-;/m0./s1. The van der Waals surface area contributed by atoms with Gasteiger partial charge in [0, 0.05) is 11.8 Å². The highest BCUT2D eigenvalue weighted by molar-refractivity contribution is 5.91. The first-order valence-corrected chi connectivity index (χ1v) is 12.0. The van der Waals surface area contributed by atoms with Crippen molar-refractivity contribution in [3.05, 3.63) is 11.6 Å². The predicted molar refractivity (Wildman–Crippen MR) is 112 cm³/mol. The second kappa shape index (κ2) is 7.58. The number of quaternary nitrogens is 1. The Labute approximate surface area is 194 Å². The molecule has 0 unspecified atom stereocenters. The number of carbonyl (C=O) groups excluding carboxylic acids is 1. The molecule has 4 fully saturated rings. The first kappa shape index (κ1) is 22.3. The van der Waals surface area contributed by atoms with E-state index in [1.165, 1.54) is 44.3 Å². The molecule has 1 saturated heterocycles. The maximum absolute atomic E-state index is 13.8. The SMILES string of the molecule is C[C@]12CC[C@H](O)CC1=CC[C@@H]1[C@@H]2CC[C@]2(C)C(=O)[C@@H]([N+]3(C)CCCCC3)C[C@@H]12.[I-]. The van der Waals surface area contributed by atoms with Crippen LogP contribution in [0.25, 0.3) is 0 Å². The molecule has 5 rings (SSSR count). The van der Waals surface area contributed by atoms with Crippen molar-refractivity contribution >= 4 is 5.78 Å². The van der Waals surface area contributed by atoms with Gasteiger partial charge in [0.2, 0.25) is 0 Å². The number of Topliss-reactive ketones (excluding diaryl/α,β-unsaturated/α-hetero) is 1. The maximum atomic E-state index is 13.8. The summed E-state index contributed by atoms with van der Waals surface area (Å²) in [7, 11) is 2.38. The second-order valence-corrected chi connectivity index (χ2v) is 11.7. The number of nitrogens with zero attached hydrogens (tertiary/aromatic N) is 1. The van der Waals surface area contributed by atoms with E-state index in [0.29, 0.717) is 17.6 Å². The Morgan fingerprint density at radius 3 is 2.45 bits per heavy atom. The number of aliphatic hydroxyl groups excluding tert-OH is 1. The van der Waals surface area contributed by atoms with Crippen LogP contribution in [0.15, 0.2) is 11.6 Å². The zero-order valence-corrected chi connectivity index (χ0v) is 20.8. The van der Waals surface area contributed by atoms with Crippen molar-refractivity contribution in [1.29, 1.82) is 0 Å². The molecule has 0 aromatic rings. The van der Waals surface area contributed by atoms with Crippen molar-refractivity contribution in [2.24, 2.45) is 28.6 Å².